The fourth-order valence-electron chi connectivity index (χ4n) is 3.24. The Morgan fingerprint density at radius 3 is 2.76 bits per heavy atom. The van der Waals surface area contributed by atoms with Crippen molar-refractivity contribution in [1.29, 1.82) is 0 Å². The molecule has 13 heteroatoms. The minimum absolute atomic E-state index is 0.0351. The van der Waals surface area contributed by atoms with E-state index in [0.717, 1.165) is 12.8 Å². The van der Waals surface area contributed by atoms with Crippen molar-refractivity contribution >= 4 is 27.5 Å². The topological polar surface area (TPSA) is 170 Å². The van der Waals surface area contributed by atoms with Gasteiger partial charge < -0.3 is 15.4 Å². The normalized spacial score (nSPS) is 22.6. The zero-order valence-electron chi connectivity index (χ0n) is 15.2. The first-order chi connectivity index (χ1) is 13.9. The molecule has 29 heavy (non-hydrogen) atoms. The van der Waals surface area contributed by atoms with Crippen LogP contribution in [-0.2, 0) is 9.84 Å². The van der Waals surface area contributed by atoms with Crippen LogP contribution in [-0.4, -0.2) is 66.7 Å². The Labute approximate surface area is 163 Å². The molecule has 1 saturated heterocycles. The maximum Gasteiger partial charge on any atom is 0.326 e. The fourth-order valence-corrected chi connectivity index (χ4v) is 4.91. The van der Waals surface area contributed by atoms with Crippen LogP contribution in [0.15, 0.2) is 16.0 Å². The molecule has 0 amide bonds. The lowest BCUT2D eigenvalue weighted by molar-refractivity contribution is 0.454. The van der Waals surface area contributed by atoms with Crippen molar-refractivity contribution in [1.82, 2.24) is 29.5 Å². The lowest BCUT2D eigenvalue weighted by Crippen LogP contribution is -2.28. The second kappa shape index (κ2) is 6.40. The molecule has 0 radical (unpaired) electrons. The number of anilines is 1. The second-order valence-electron chi connectivity index (χ2n) is 7.27. The molecule has 2 aliphatic rings. The third-order valence-corrected chi connectivity index (χ3v) is 6.59. The number of sulfone groups is 1. The standard InChI is InChI=1S/C16H18N8O4S/c25-13-11(20-16(26)22-13)5-8-6-17-24-12(8)21-14(23-15(24)19-9-1-2-9)18-10-3-4-29(27,28)7-10/h5-6,9-10,25H,1-4,7H2,(H,18,19,23)(H2,20,22,26)/b8-5+. The van der Waals surface area contributed by atoms with Crippen molar-refractivity contribution in [3.63, 3.8) is 0 Å². The highest BCUT2D eigenvalue weighted by Crippen LogP contribution is 2.22. The van der Waals surface area contributed by atoms with E-state index in [-0.39, 0.29) is 41.1 Å². The Hall–Kier alpha value is -3.22. The summed E-state index contributed by atoms with van der Waals surface area (Å²) in [7, 11) is -3.05. The number of aromatic hydroxyl groups is 1. The highest BCUT2D eigenvalue weighted by molar-refractivity contribution is 7.91. The summed E-state index contributed by atoms with van der Waals surface area (Å²) in [5.74, 6) is 0.146. The number of hydrogen-bond acceptors (Lipinski definition) is 9. The first-order valence-electron chi connectivity index (χ1n) is 9.16. The third kappa shape index (κ3) is 3.60. The molecule has 12 nitrogen and oxygen atoms in total. The van der Waals surface area contributed by atoms with Gasteiger partial charge in [-0.3, -0.25) is 4.98 Å². The van der Waals surface area contributed by atoms with Gasteiger partial charge in [0.25, 0.3) is 5.62 Å². The average Bonchev–Trinajstić information content (AvgIpc) is 3.14. The van der Waals surface area contributed by atoms with Crippen LogP contribution in [0.3, 0.4) is 0 Å². The first-order valence-corrected chi connectivity index (χ1v) is 11.0. The number of hydrogen-bond donors (Lipinski definition) is 4. The molecule has 1 saturated carbocycles. The number of aromatic amines is 2. The molecule has 1 aliphatic carbocycles. The summed E-state index contributed by atoms with van der Waals surface area (Å²) in [6.45, 7) is 0. The van der Waals surface area contributed by atoms with Crippen molar-refractivity contribution in [3.8, 4) is 5.88 Å². The quantitative estimate of drug-likeness (QED) is 0.379. The second-order valence-corrected chi connectivity index (χ2v) is 9.50. The zero-order valence-corrected chi connectivity index (χ0v) is 16.0. The smallest absolute Gasteiger partial charge is 0.326 e. The van der Waals surface area contributed by atoms with Crippen LogP contribution >= 0.6 is 0 Å². The van der Waals surface area contributed by atoms with Crippen LogP contribution in [0, 0.1) is 0 Å². The maximum atomic E-state index is 11.7. The van der Waals surface area contributed by atoms with Gasteiger partial charge in [-0.1, -0.05) is 0 Å². The van der Waals surface area contributed by atoms with E-state index in [0.29, 0.717) is 22.9 Å². The van der Waals surface area contributed by atoms with Gasteiger partial charge in [-0.05, 0) is 25.3 Å². The predicted molar refractivity (Wildman–Crippen MR) is 102 cm³/mol. The molecule has 0 spiro atoms. The lowest BCUT2D eigenvalue weighted by Gasteiger charge is -2.10. The molecule has 152 valence electrons. The molecule has 4 heterocycles. The molecular formula is C16H18N8O4S. The fraction of sp³-hybridized carbons (Fsp3) is 0.438. The molecule has 3 aromatic heterocycles. The molecule has 3 aromatic rings. The van der Waals surface area contributed by atoms with Crippen molar-refractivity contribution in [3.05, 3.63) is 33.2 Å². The molecule has 2 fully saturated rings. The minimum atomic E-state index is -3.05. The Kier molecular flexibility index (Phi) is 3.94. The molecule has 1 unspecified atom stereocenters. The molecule has 0 aromatic carbocycles. The van der Waals surface area contributed by atoms with Crippen molar-refractivity contribution in [2.75, 3.05) is 16.8 Å². The molecule has 4 N–H and O–H groups in total. The number of H-pyrrole nitrogens is 2. The van der Waals surface area contributed by atoms with Gasteiger partial charge in [0.1, 0.15) is 5.69 Å². The summed E-state index contributed by atoms with van der Waals surface area (Å²) in [5.41, 5.74) is 0.450. The van der Waals surface area contributed by atoms with Gasteiger partial charge in [0.2, 0.25) is 11.8 Å². The van der Waals surface area contributed by atoms with Crippen LogP contribution in [0.2, 0.25) is 0 Å². The molecule has 1 atom stereocenters. The summed E-state index contributed by atoms with van der Waals surface area (Å²) in [4.78, 5) is 29.6. The van der Waals surface area contributed by atoms with Gasteiger partial charge >= 0.3 is 5.69 Å². The van der Waals surface area contributed by atoms with Gasteiger partial charge in [0, 0.05) is 11.3 Å². The highest BCUT2D eigenvalue weighted by atomic mass is 32.2. The largest absolute Gasteiger partial charge is 0.493 e. The number of fused-ring (bicyclic) bond motifs is 1. The van der Waals surface area contributed by atoms with Gasteiger partial charge in [-0.2, -0.15) is 19.6 Å². The summed E-state index contributed by atoms with van der Waals surface area (Å²) in [6.07, 6.45) is 5.52. The van der Waals surface area contributed by atoms with E-state index in [1.165, 1.54) is 16.8 Å². The number of nitrogens with zero attached hydrogens (tertiary/aromatic N) is 5. The van der Waals surface area contributed by atoms with E-state index in [1.54, 1.807) is 0 Å². The van der Waals surface area contributed by atoms with Gasteiger partial charge in [-0.25, -0.2) is 18.2 Å². The van der Waals surface area contributed by atoms with Crippen molar-refractivity contribution in [2.24, 2.45) is 4.99 Å². The first kappa shape index (κ1) is 17.8. The van der Waals surface area contributed by atoms with Gasteiger partial charge in [0.05, 0.1) is 23.7 Å². The van der Waals surface area contributed by atoms with Crippen LogP contribution in [0.1, 0.15) is 25.0 Å². The SMILES string of the molecule is O=c1[nH]c(O)c(/C=c2\cnn3c(=NC4CC4)nc(NC4CCS(=O)(=O)C4)nc23)[nH]1. The van der Waals surface area contributed by atoms with Gasteiger partial charge in [0.15, 0.2) is 15.5 Å². The Morgan fingerprint density at radius 2 is 2.10 bits per heavy atom. The minimum Gasteiger partial charge on any atom is -0.493 e. The maximum absolute atomic E-state index is 11.7. The number of aromatic nitrogens is 6. The molecule has 5 rings (SSSR count). The highest BCUT2D eigenvalue weighted by Gasteiger charge is 2.28. The Balaban J connectivity index is 1.63. The van der Waals surface area contributed by atoms with Crippen LogP contribution < -0.4 is 21.8 Å². The lowest BCUT2D eigenvalue weighted by atomic mass is 10.3. The van der Waals surface area contributed by atoms with Crippen molar-refractivity contribution in [2.45, 2.75) is 31.3 Å². The number of rotatable bonds is 4. The summed E-state index contributed by atoms with van der Waals surface area (Å²) >= 11 is 0. The third-order valence-electron chi connectivity index (χ3n) is 4.82. The van der Waals surface area contributed by atoms with Crippen LogP contribution in [0.25, 0.3) is 11.7 Å². The van der Waals surface area contributed by atoms with E-state index in [4.69, 9.17) is 0 Å². The monoisotopic (exact) mass is 418 g/mol. The zero-order chi connectivity index (χ0) is 20.2. The summed E-state index contributed by atoms with van der Waals surface area (Å²) in [6, 6.07) is -0.0776. The van der Waals surface area contributed by atoms with Crippen molar-refractivity contribution < 1.29 is 13.5 Å². The van der Waals surface area contributed by atoms with E-state index in [2.05, 4.69) is 35.3 Å². The molecule has 0 bridgehead atoms. The van der Waals surface area contributed by atoms with E-state index in [1.807, 2.05) is 0 Å². The Morgan fingerprint density at radius 1 is 1.28 bits per heavy atom. The van der Waals surface area contributed by atoms with Gasteiger partial charge in [-0.15, -0.1) is 0 Å². The van der Waals surface area contributed by atoms with Crippen LogP contribution in [0.5, 0.6) is 5.88 Å². The van der Waals surface area contributed by atoms with E-state index >= 15 is 0 Å². The van der Waals surface area contributed by atoms with E-state index in [9.17, 15) is 18.3 Å². The predicted octanol–water partition coefficient (Wildman–Crippen LogP) is -1.94. The molecule has 1 aliphatic heterocycles. The average molecular weight is 418 g/mol. The van der Waals surface area contributed by atoms with Crippen LogP contribution in [0.4, 0.5) is 5.95 Å². The number of imidazole rings is 1. The summed E-state index contributed by atoms with van der Waals surface area (Å²) in [5, 5.41) is 17.7. The Bertz CT molecular complexity index is 1380. The van der Waals surface area contributed by atoms with E-state index < -0.39 is 15.5 Å². The summed E-state index contributed by atoms with van der Waals surface area (Å²) < 4.78 is 25.0. The number of nitrogens with one attached hydrogen (secondary N) is 3. The molecular weight excluding hydrogens is 400 g/mol.